The van der Waals surface area contributed by atoms with Gasteiger partial charge in [-0.1, -0.05) is 6.07 Å². The summed E-state index contributed by atoms with van der Waals surface area (Å²) in [7, 11) is 3.07. The molecular weight excluding hydrogens is 428 g/mol. The highest BCUT2D eigenvalue weighted by Crippen LogP contribution is 2.34. The minimum Gasteiger partial charge on any atom is -0.493 e. The summed E-state index contributed by atoms with van der Waals surface area (Å²) in [6.45, 7) is 0.114. The molecule has 1 aliphatic rings. The third kappa shape index (κ3) is 3.82. The van der Waals surface area contributed by atoms with E-state index in [2.05, 4.69) is 0 Å². The maximum atomic E-state index is 12.7. The topological polar surface area (TPSA) is 93.4 Å². The predicted octanol–water partition coefficient (Wildman–Crippen LogP) is 4.43. The number of methoxy groups -OCH3 is 2. The van der Waals surface area contributed by atoms with E-state index < -0.39 is 11.6 Å². The van der Waals surface area contributed by atoms with Gasteiger partial charge < -0.3 is 28.1 Å². The molecule has 166 valence electrons. The highest BCUT2D eigenvalue weighted by atomic mass is 16.7. The van der Waals surface area contributed by atoms with Crippen molar-refractivity contribution in [1.29, 1.82) is 0 Å². The molecule has 33 heavy (non-hydrogen) atoms. The number of hydrogen-bond donors (Lipinski definition) is 0. The summed E-state index contributed by atoms with van der Waals surface area (Å²) in [4.78, 5) is 25.2. The first-order valence-electron chi connectivity index (χ1n) is 9.98. The first kappa shape index (κ1) is 20.4. The zero-order chi connectivity index (χ0) is 22.9. The average molecular weight is 446 g/mol. The molecule has 0 aliphatic carbocycles. The van der Waals surface area contributed by atoms with Crippen LogP contribution >= 0.6 is 0 Å². The number of carbonyl (C=O) groups excluding carboxylic acids is 1. The van der Waals surface area contributed by atoms with Gasteiger partial charge in [0, 0.05) is 11.5 Å². The van der Waals surface area contributed by atoms with Gasteiger partial charge >= 0.3 is 11.6 Å². The molecule has 2 heterocycles. The number of carbonyl (C=O) groups is 1. The standard InChI is InChI=1S/C25H18O8/c1-28-19-7-4-14(10-22(19)29-2)18-9-15-3-6-17(12-21(15)33-25(18)27)32-24(26)16-5-8-20-23(11-16)31-13-30-20/h3-12H,13H2,1-2H3. The maximum absolute atomic E-state index is 12.7. The normalized spacial score (nSPS) is 11.9. The van der Waals surface area contributed by atoms with E-state index in [4.69, 9.17) is 28.1 Å². The van der Waals surface area contributed by atoms with Crippen molar-refractivity contribution in [3.8, 4) is 39.9 Å². The molecule has 0 radical (unpaired) electrons. The number of benzene rings is 3. The molecule has 0 spiro atoms. The third-order valence-corrected chi connectivity index (χ3v) is 5.22. The molecule has 0 unspecified atom stereocenters. The summed E-state index contributed by atoms with van der Waals surface area (Å²) in [5, 5.41) is 0.669. The van der Waals surface area contributed by atoms with E-state index in [1.54, 1.807) is 61.7 Å². The third-order valence-electron chi connectivity index (χ3n) is 5.22. The molecule has 8 nitrogen and oxygen atoms in total. The van der Waals surface area contributed by atoms with E-state index in [9.17, 15) is 9.59 Å². The second kappa shape index (κ2) is 8.23. The van der Waals surface area contributed by atoms with Crippen molar-refractivity contribution in [3.05, 3.63) is 76.6 Å². The van der Waals surface area contributed by atoms with Gasteiger partial charge in [0.1, 0.15) is 11.3 Å². The molecule has 1 aromatic heterocycles. The van der Waals surface area contributed by atoms with Crippen molar-refractivity contribution >= 4 is 16.9 Å². The van der Waals surface area contributed by atoms with Gasteiger partial charge in [-0.3, -0.25) is 0 Å². The van der Waals surface area contributed by atoms with Gasteiger partial charge in [-0.25, -0.2) is 9.59 Å². The van der Waals surface area contributed by atoms with Crippen LogP contribution in [0.4, 0.5) is 0 Å². The van der Waals surface area contributed by atoms with Crippen molar-refractivity contribution in [2.24, 2.45) is 0 Å². The van der Waals surface area contributed by atoms with Crippen LogP contribution in [0.25, 0.3) is 22.1 Å². The van der Waals surface area contributed by atoms with Crippen molar-refractivity contribution in [3.63, 3.8) is 0 Å². The molecule has 4 aromatic rings. The average Bonchev–Trinajstić information content (AvgIpc) is 3.31. The number of hydrogen-bond acceptors (Lipinski definition) is 8. The molecule has 0 amide bonds. The Morgan fingerprint density at radius 1 is 0.848 bits per heavy atom. The number of rotatable bonds is 5. The quantitative estimate of drug-likeness (QED) is 0.253. The van der Waals surface area contributed by atoms with Gasteiger partial charge in [0.15, 0.2) is 23.0 Å². The van der Waals surface area contributed by atoms with Gasteiger partial charge in [-0.2, -0.15) is 0 Å². The first-order chi connectivity index (χ1) is 16.1. The van der Waals surface area contributed by atoms with Crippen molar-refractivity contribution < 1.29 is 32.9 Å². The molecule has 0 saturated heterocycles. The fraction of sp³-hybridized carbons (Fsp3) is 0.120. The van der Waals surface area contributed by atoms with Crippen LogP contribution in [0.3, 0.4) is 0 Å². The SMILES string of the molecule is COc1ccc(-c2cc3ccc(OC(=O)c4ccc5c(c4)OCO5)cc3oc2=O)cc1OC. The van der Waals surface area contributed by atoms with Crippen molar-refractivity contribution in [1.82, 2.24) is 0 Å². The molecule has 1 aliphatic heterocycles. The van der Waals surface area contributed by atoms with E-state index in [1.807, 2.05) is 0 Å². The van der Waals surface area contributed by atoms with Gasteiger partial charge in [0.25, 0.3) is 0 Å². The Bertz CT molecular complexity index is 1440. The van der Waals surface area contributed by atoms with Crippen LogP contribution in [-0.4, -0.2) is 27.0 Å². The largest absolute Gasteiger partial charge is 0.493 e. The van der Waals surface area contributed by atoms with E-state index in [1.165, 1.54) is 13.2 Å². The second-order valence-corrected chi connectivity index (χ2v) is 7.17. The lowest BCUT2D eigenvalue weighted by atomic mass is 10.1. The maximum Gasteiger partial charge on any atom is 0.344 e. The van der Waals surface area contributed by atoms with E-state index >= 15 is 0 Å². The summed E-state index contributed by atoms with van der Waals surface area (Å²) < 4.78 is 32.1. The molecular formula is C25H18O8. The Balaban J connectivity index is 1.43. The Morgan fingerprint density at radius 2 is 1.67 bits per heavy atom. The van der Waals surface area contributed by atoms with Crippen LogP contribution in [0.1, 0.15) is 10.4 Å². The number of fused-ring (bicyclic) bond motifs is 2. The number of esters is 1. The lowest BCUT2D eigenvalue weighted by molar-refractivity contribution is 0.0734. The van der Waals surface area contributed by atoms with Crippen LogP contribution < -0.4 is 29.3 Å². The Labute approximate surface area is 187 Å². The summed E-state index contributed by atoms with van der Waals surface area (Å²) in [5.41, 5.74) is 1.06. The highest BCUT2D eigenvalue weighted by molar-refractivity contribution is 5.92. The first-order valence-corrected chi connectivity index (χ1v) is 9.98. The molecule has 0 saturated carbocycles. The molecule has 0 atom stereocenters. The lowest BCUT2D eigenvalue weighted by Gasteiger charge is -2.10. The predicted molar refractivity (Wildman–Crippen MR) is 119 cm³/mol. The van der Waals surface area contributed by atoms with Gasteiger partial charge in [0.2, 0.25) is 6.79 Å². The Kier molecular flexibility index (Phi) is 5.10. The molecule has 3 aromatic carbocycles. The van der Waals surface area contributed by atoms with Crippen LogP contribution in [0.15, 0.2) is 69.9 Å². The molecule has 8 heteroatoms. The summed E-state index contributed by atoms with van der Waals surface area (Å²) >= 11 is 0. The zero-order valence-electron chi connectivity index (χ0n) is 17.7. The molecule has 0 bridgehead atoms. The fourth-order valence-electron chi connectivity index (χ4n) is 3.55. The second-order valence-electron chi connectivity index (χ2n) is 7.17. The van der Waals surface area contributed by atoms with Crippen LogP contribution in [0.5, 0.6) is 28.7 Å². The summed E-state index contributed by atoms with van der Waals surface area (Å²) in [6.07, 6.45) is 0. The lowest BCUT2D eigenvalue weighted by Crippen LogP contribution is -2.08. The van der Waals surface area contributed by atoms with Crippen molar-refractivity contribution in [2.45, 2.75) is 0 Å². The number of ether oxygens (including phenoxy) is 5. The summed E-state index contributed by atoms with van der Waals surface area (Å²) in [6, 6.07) is 16.5. The Morgan fingerprint density at radius 3 is 2.48 bits per heavy atom. The fourth-order valence-corrected chi connectivity index (χ4v) is 3.55. The molecule has 5 rings (SSSR count). The van der Waals surface area contributed by atoms with Gasteiger partial charge in [0.05, 0.1) is 25.3 Å². The highest BCUT2D eigenvalue weighted by Gasteiger charge is 2.18. The van der Waals surface area contributed by atoms with E-state index in [0.29, 0.717) is 50.7 Å². The van der Waals surface area contributed by atoms with Crippen LogP contribution in [-0.2, 0) is 0 Å². The van der Waals surface area contributed by atoms with Crippen LogP contribution in [0.2, 0.25) is 0 Å². The molecule has 0 fully saturated rings. The minimum absolute atomic E-state index is 0.114. The monoisotopic (exact) mass is 446 g/mol. The van der Waals surface area contributed by atoms with Gasteiger partial charge in [-0.15, -0.1) is 0 Å². The smallest absolute Gasteiger partial charge is 0.344 e. The Hall–Kier alpha value is -4.46. The van der Waals surface area contributed by atoms with Gasteiger partial charge in [-0.05, 0) is 54.1 Å². The van der Waals surface area contributed by atoms with E-state index in [-0.39, 0.29) is 12.5 Å². The zero-order valence-corrected chi connectivity index (χ0v) is 17.7. The van der Waals surface area contributed by atoms with Crippen LogP contribution in [0, 0.1) is 0 Å². The molecule has 0 N–H and O–H groups in total. The summed E-state index contributed by atoms with van der Waals surface area (Å²) in [5.74, 6) is 1.78. The van der Waals surface area contributed by atoms with Crippen molar-refractivity contribution in [2.75, 3.05) is 21.0 Å². The van der Waals surface area contributed by atoms with E-state index in [0.717, 1.165) is 0 Å². The minimum atomic E-state index is -0.572.